The Hall–Kier alpha value is -2.63. The highest BCUT2D eigenvalue weighted by Gasteiger charge is 2.14. The number of benzene rings is 1. The van der Waals surface area contributed by atoms with Gasteiger partial charge in [-0.1, -0.05) is 13.3 Å². The van der Waals surface area contributed by atoms with E-state index in [4.69, 9.17) is 4.74 Å². The molecule has 0 unspecified atom stereocenters. The van der Waals surface area contributed by atoms with Gasteiger partial charge in [-0.3, -0.25) is 9.59 Å². The summed E-state index contributed by atoms with van der Waals surface area (Å²) in [5.41, 5.74) is 2.54. The standard InChI is InChI=1S/C20H25N3O3/c1-2-3-13-26-17-9-7-15(8-10-17)20(25)21-11-12-23-19(24)14-16-5-4-6-18(16)22-23/h7-10,14H,2-6,11-13H2,1H3,(H,21,25). The summed E-state index contributed by atoms with van der Waals surface area (Å²) < 4.78 is 7.03. The number of nitrogens with zero attached hydrogens (tertiary/aromatic N) is 2. The molecule has 0 saturated carbocycles. The Labute approximate surface area is 153 Å². The van der Waals surface area contributed by atoms with Crippen molar-refractivity contribution in [3.05, 3.63) is 57.5 Å². The van der Waals surface area contributed by atoms with Crippen molar-refractivity contribution in [2.24, 2.45) is 0 Å². The van der Waals surface area contributed by atoms with Crippen molar-refractivity contribution in [2.75, 3.05) is 13.2 Å². The first-order valence-electron chi connectivity index (χ1n) is 9.28. The molecule has 2 aromatic rings. The molecule has 3 rings (SSSR count). The van der Waals surface area contributed by atoms with E-state index in [9.17, 15) is 9.59 Å². The van der Waals surface area contributed by atoms with Crippen molar-refractivity contribution in [1.29, 1.82) is 0 Å². The molecule has 138 valence electrons. The van der Waals surface area contributed by atoms with Crippen LogP contribution in [0, 0.1) is 0 Å². The fourth-order valence-corrected chi connectivity index (χ4v) is 3.01. The number of amides is 1. The molecular formula is C20H25N3O3. The molecule has 0 bridgehead atoms. The van der Waals surface area contributed by atoms with E-state index in [0.29, 0.717) is 25.3 Å². The number of carbonyl (C=O) groups is 1. The van der Waals surface area contributed by atoms with Gasteiger partial charge in [0.15, 0.2) is 0 Å². The highest BCUT2D eigenvalue weighted by atomic mass is 16.5. The minimum atomic E-state index is -0.167. The lowest BCUT2D eigenvalue weighted by Gasteiger charge is -2.09. The summed E-state index contributed by atoms with van der Waals surface area (Å²) in [6.45, 7) is 3.53. The molecule has 1 N–H and O–H groups in total. The van der Waals surface area contributed by atoms with Gasteiger partial charge in [-0.25, -0.2) is 4.68 Å². The Morgan fingerprint density at radius 2 is 2.08 bits per heavy atom. The molecule has 0 aliphatic heterocycles. The van der Waals surface area contributed by atoms with Crippen LogP contribution in [-0.2, 0) is 19.4 Å². The van der Waals surface area contributed by atoms with Crippen LogP contribution in [0.2, 0.25) is 0 Å². The lowest BCUT2D eigenvalue weighted by atomic mass is 10.2. The molecule has 1 aromatic carbocycles. The summed E-state index contributed by atoms with van der Waals surface area (Å²) in [4.78, 5) is 24.3. The number of aromatic nitrogens is 2. The van der Waals surface area contributed by atoms with Gasteiger partial charge >= 0.3 is 0 Å². The quantitative estimate of drug-likeness (QED) is 0.738. The van der Waals surface area contributed by atoms with Gasteiger partial charge in [0.1, 0.15) is 5.75 Å². The van der Waals surface area contributed by atoms with Crippen molar-refractivity contribution < 1.29 is 9.53 Å². The zero-order chi connectivity index (χ0) is 18.4. The van der Waals surface area contributed by atoms with Crippen molar-refractivity contribution in [2.45, 2.75) is 45.6 Å². The predicted molar refractivity (Wildman–Crippen MR) is 99.7 cm³/mol. The fraction of sp³-hybridized carbons (Fsp3) is 0.450. The predicted octanol–water partition coefficient (Wildman–Crippen LogP) is 2.34. The van der Waals surface area contributed by atoms with E-state index in [1.54, 1.807) is 30.3 Å². The van der Waals surface area contributed by atoms with E-state index in [1.807, 2.05) is 0 Å². The molecule has 26 heavy (non-hydrogen) atoms. The highest BCUT2D eigenvalue weighted by molar-refractivity contribution is 5.94. The van der Waals surface area contributed by atoms with Gasteiger partial charge in [0, 0.05) is 18.2 Å². The van der Waals surface area contributed by atoms with Crippen LogP contribution in [-0.4, -0.2) is 28.8 Å². The lowest BCUT2D eigenvalue weighted by Crippen LogP contribution is -2.32. The van der Waals surface area contributed by atoms with Crippen LogP contribution in [0.5, 0.6) is 5.75 Å². The molecule has 6 nitrogen and oxygen atoms in total. The Kier molecular flexibility index (Phi) is 6.04. The van der Waals surface area contributed by atoms with E-state index in [0.717, 1.165) is 49.1 Å². The third-order valence-electron chi connectivity index (χ3n) is 4.52. The molecule has 1 aliphatic carbocycles. The van der Waals surface area contributed by atoms with E-state index in [1.165, 1.54) is 4.68 Å². The Morgan fingerprint density at radius 3 is 2.85 bits per heavy atom. The number of hydrogen-bond acceptors (Lipinski definition) is 4. The molecule has 0 saturated heterocycles. The average molecular weight is 355 g/mol. The Bertz CT molecular complexity index is 812. The van der Waals surface area contributed by atoms with Gasteiger partial charge < -0.3 is 10.1 Å². The molecule has 0 radical (unpaired) electrons. The van der Waals surface area contributed by atoms with Crippen molar-refractivity contribution >= 4 is 5.91 Å². The number of carbonyl (C=O) groups excluding carboxylic acids is 1. The van der Waals surface area contributed by atoms with Gasteiger partial charge in [-0.2, -0.15) is 5.10 Å². The van der Waals surface area contributed by atoms with Gasteiger partial charge in [0.05, 0.1) is 18.8 Å². The Balaban J connectivity index is 1.50. The zero-order valence-corrected chi connectivity index (χ0v) is 15.2. The first-order valence-corrected chi connectivity index (χ1v) is 9.28. The largest absolute Gasteiger partial charge is 0.494 e. The maximum absolute atomic E-state index is 12.2. The smallest absolute Gasteiger partial charge is 0.267 e. The van der Waals surface area contributed by atoms with Crippen LogP contribution in [0.1, 0.15) is 47.8 Å². The Morgan fingerprint density at radius 1 is 1.27 bits per heavy atom. The number of nitrogens with one attached hydrogen (secondary N) is 1. The van der Waals surface area contributed by atoms with Crippen molar-refractivity contribution in [3.8, 4) is 5.75 Å². The minimum Gasteiger partial charge on any atom is -0.494 e. The summed E-state index contributed by atoms with van der Waals surface area (Å²) in [5.74, 6) is 0.600. The lowest BCUT2D eigenvalue weighted by molar-refractivity contribution is 0.0951. The second-order valence-electron chi connectivity index (χ2n) is 6.51. The van der Waals surface area contributed by atoms with E-state index < -0.39 is 0 Å². The van der Waals surface area contributed by atoms with E-state index in [-0.39, 0.29) is 11.5 Å². The third kappa shape index (κ3) is 4.50. The molecule has 0 fully saturated rings. The van der Waals surface area contributed by atoms with Crippen LogP contribution in [0.4, 0.5) is 0 Å². The summed E-state index contributed by atoms with van der Waals surface area (Å²) in [5, 5.41) is 7.24. The van der Waals surface area contributed by atoms with Crippen LogP contribution in [0.3, 0.4) is 0 Å². The van der Waals surface area contributed by atoms with Crippen LogP contribution in [0.15, 0.2) is 35.1 Å². The maximum atomic E-state index is 12.2. The van der Waals surface area contributed by atoms with Crippen LogP contribution in [0.25, 0.3) is 0 Å². The topological polar surface area (TPSA) is 73.2 Å². The van der Waals surface area contributed by atoms with Gasteiger partial charge in [-0.15, -0.1) is 0 Å². The maximum Gasteiger partial charge on any atom is 0.267 e. The monoisotopic (exact) mass is 355 g/mol. The minimum absolute atomic E-state index is 0.103. The molecule has 6 heteroatoms. The number of hydrogen-bond donors (Lipinski definition) is 1. The molecule has 1 amide bonds. The second-order valence-corrected chi connectivity index (χ2v) is 6.51. The second kappa shape index (κ2) is 8.65. The number of rotatable bonds is 8. The molecule has 1 aromatic heterocycles. The van der Waals surface area contributed by atoms with E-state index >= 15 is 0 Å². The summed E-state index contributed by atoms with van der Waals surface area (Å²) >= 11 is 0. The van der Waals surface area contributed by atoms with Crippen molar-refractivity contribution in [3.63, 3.8) is 0 Å². The van der Waals surface area contributed by atoms with Gasteiger partial charge in [-0.05, 0) is 55.5 Å². The van der Waals surface area contributed by atoms with E-state index in [2.05, 4.69) is 17.3 Å². The molecular weight excluding hydrogens is 330 g/mol. The fourth-order valence-electron chi connectivity index (χ4n) is 3.01. The van der Waals surface area contributed by atoms with Gasteiger partial charge in [0.25, 0.3) is 11.5 Å². The first kappa shape index (κ1) is 18.2. The zero-order valence-electron chi connectivity index (χ0n) is 15.2. The summed E-state index contributed by atoms with van der Waals surface area (Å²) in [7, 11) is 0. The number of ether oxygens (including phenoxy) is 1. The first-order chi connectivity index (χ1) is 12.7. The van der Waals surface area contributed by atoms with Crippen molar-refractivity contribution in [1.82, 2.24) is 15.1 Å². The third-order valence-corrected chi connectivity index (χ3v) is 4.52. The van der Waals surface area contributed by atoms with Crippen LogP contribution < -0.4 is 15.6 Å². The summed E-state index contributed by atoms with van der Waals surface area (Å²) in [6.07, 6.45) is 5.02. The number of fused-ring (bicyclic) bond motifs is 1. The van der Waals surface area contributed by atoms with Crippen LogP contribution >= 0.6 is 0 Å². The SMILES string of the molecule is CCCCOc1ccc(C(=O)NCCn2nc3c(cc2=O)CCC3)cc1. The molecule has 0 spiro atoms. The number of unbranched alkanes of at least 4 members (excludes halogenated alkanes) is 1. The average Bonchev–Trinajstić information content (AvgIpc) is 3.09. The highest BCUT2D eigenvalue weighted by Crippen LogP contribution is 2.17. The summed E-state index contributed by atoms with van der Waals surface area (Å²) in [6, 6.07) is 8.77. The molecule has 1 heterocycles. The molecule has 1 aliphatic rings. The van der Waals surface area contributed by atoms with Gasteiger partial charge in [0.2, 0.25) is 0 Å². The molecule has 0 atom stereocenters. The number of aryl methyl sites for hydroxylation is 2. The normalized spacial score (nSPS) is 12.7.